The number of hydrogen-bond acceptors (Lipinski definition) is 4. The molecule has 0 heterocycles. The molecule has 3 aliphatic carbocycles. The van der Waals surface area contributed by atoms with Crippen LogP contribution in [0.15, 0.2) is 35.9 Å². The van der Waals surface area contributed by atoms with Gasteiger partial charge in [-0.3, -0.25) is 19.7 Å². The number of rotatable bonds is 4. The molecule has 0 aliphatic heterocycles. The highest BCUT2D eigenvalue weighted by molar-refractivity contribution is 6.00. The van der Waals surface area contributed by atoms with Crippen molar-refractivity contribution in [3.63, 3.8) is 0 Å². The molecular weight excluding hydrogens is 354 g/mol. The molecule has 0 saturated heterocycles. The Hall–Kier alpha value is -2.30. The van der Waals surface area contributed by atoms with E-state index in [0.717, 1.165) is 62.5 Å². The van der Waals surface area contributed by atoms with E-state index in [1.807, 2.05) is 0 Å². The Morgan fingerprint density at radius 1 is 1.00 bits per heavy atom. The minimum absolute atomic E-state index is 0.0150. The van der Waals surface area contributed by atoms with E-state index in [9.17, 15) is 19.7 Å². The lowest BCUT2D eigenvalue weighted by molar-refractivity contribution is -0.384. The number of fused-ring (bicyclic) bond motifs is 1. The van der Waals surface area contributed by atoms with Crippen LogP contribution in [0, 0.1) is 27.9 Å². The van der Waals surface area contributed by atoms with Gasteiger partial charge < -0.3 is 0 Å². The molecule has 0 unspecified atom stereocenters. The van der Waals surface area contributed by atoms with Crippen LogP contribution in [0.3, 0.4) is 0 Å². The van der Waals surface area contributed by atoms with Crippen molar-refractivity contribution in [1.82, 2.24) is 0 Å². The number of nitro benzene ring substituents is 1. The van der Waals surface area contributed by atoms with Crippen molar-refractivity contribution in [2.75, 3.05) is 0 Å². The second-order valence-electron chi connectivity index (χ2n) is 8.55. The molecule has 2 saturated carbocycles. The van der Waals surface area contributed by atoms with Gasteiger partial charge in [0.05, 0.1) is 4.92 Å². The summed E-state index contributed by atoms with van der Waals surface area (Å²) in [6.45, 7) is 0. The predicted octanol–water partition coefficient (Wildman–Crippen LogP) is 5.14. The molecule has 4 atom stereocenters. The Morgan fingerprint density at radius 3 is 2.43 bits per heavy atom. The van der Waals surface area contributed by atoms with Crippen LogP contribution >= 0.6 is 0 Å². The molecule has 2 fully saturated rings. The maximum Gasteiger partial charge on any atom is 0.269 e. The molecule has 3 aliphatic rings. The first-order valence-corrected chi connectivity index (χ1v) is 10.6. The SMILES string of the molecule is O=C(C1=CCCCC1)[C@@H]1[C@@H]2CCCC[C@@H]2C(=O)C[C@H]1c1ccc([N+](=O)[O-])cc1. The van der Waals surface area contributed by atoms with E-state index in [1.165, 1.54) is 12.1 Å². The zero-order valence-corrected chi connectivity index (χ0v) is 16.1. The average Bonchev–Trinajstić information content (AvgIpc) is 2.74. The summed E-state index contributed by atoms with van der Waals surface area (Å²) in [4.78, 5) is 37.1. The van der Waals surface area contributed by atoms with Crippen LogP contribution in [-0.2, 0) is 9.59 Å². The van der Waals surface area contributed by atoms with E-state index in [4.69, 9.17) is 0 Å². The number of nitro groups is 1. The van der Waals surface area contributed by atoms with Crippen molar-refractivity contribution in [3.05, 3.63) is 51.6 Å². The Balaban J connectivity index is 1.70. The molecule has 1 aromatic rings. The molecule has 28 heavy (non-hydrogen) atoms. The van der Waals surface area contributed by atoms with E-state index >= 15 is 0 Å². The number of carbonyl (C=O) groups excluding carboxylic acids is 2. The smallest absolute Gasteiger partial charge is 0.269 e. The Morgan fingerprint density at radius 2 is 1.75 bits per heavy atom. The first-order chi connectivity index (χ1) is 13.6. The summed E-state index contributed by atoms with van der Waals surface area (Å²) in [6.07, 6.45) is 10.5. The van der Waals surface area contributed by atoms with E-state index in [0.29, 0.717) is 6.42 Å². The highest BCUT2D eigenvalue weighted by Crippen LogP contribution is 2.50. The van der Waals surface area contributed by atoms with Crippen molar-refractivity contribution >= 4 is 17.3 Å². The highest BCUT2D eigenvalue weighted by atomic mass is 16.6. The van der Waals surface area contributed by atoms with Gasteiger partial charge in [0.1, 0.15) is 5.78 Å². The van der Waals surface area contributed by atoms with E-state index in [2.05, 4.69) is 6.08 Å². The molecule has 0 N–H and O–H groups in total. The van der Waals surface area contributed by atoms with E-state index in [-0.39, 0.29) is 40.9 Å². The number of Topliss-reactive ketones (excluding diaryl/α,β-unsaturated/α-hetero) is 2. The lowest BCUT2D eigenvalue weighted by Gasteiger charge is -2.44. The molecule has 1 aromatic carbocycles. The van der Waals surface area contributed by atoms with Gasteiger partial charge in [0, 0.05) is 36.3 Å². The predicted molar refractivity (Wildman–Crippen MR) is 106 cm³/mol. The molecular formula is C23H27NO4. The van der Waals surface area contributed by atoms with Gasteiger partial charge in [-0.15, -0.1) is 0 Å². The standard InChI is InChI=1S/C23H27NO4/c25-21-14-20(15-10-12-17(13-11-15)24(27)28)22(19-9-5-4-8-18(19)21)23(26)16-6-2-1-3-7-16/h6,10-13,18-20,22H,1-5,7-9,14H2/t18-,19+,20-,22+/m0/s1. The number of allylic oxidation sites excluding steroid dienone is 2. The summed E-state index contributed by atoms with van der Waals surface area (Å²) < 4.78 is 0. The molecule has 5 nitrogen and oxygen atoms in total. The first-order valence-electron chi connectivity index (χ1n) is 10.6. The summed E-state index contributed by atoms with van der Waals surface area (Å²) in [7, 11) is 0. The van der Waals surface area contributed by atoms with Gasteiger partial charge in [0.15, 0.2) is 5.78 Å². The molecule has 0 bridgehead atoms. The second-order valence-corrected chi connectivity index (χ2v) is 8.55. The van der Waals surface area contributed by atoms with Crippen LogP contribution in [0.2, 0.25) is 0 Å². The third kappa shape index (κ3) is 3.54. The van der Waals surface area contributed by atoms with Gasteiger partial charge in [-0.2, -0.15) is 0 Å². The fourth-order valence-corrected chi connectivity index (χ4v) is 5.60. The van der Waals surface area contributed by atoms with Crippen molar-refractivity contribution < 1.29 is 14.5 Å². The Kier molecular flexibility index (Phi) is 5.42. The van der Waals surface area contributed by atoms with Crippen LogP contribution in [0.25, 0.3) is 0 Å². The monoisotopic (exact) mass is 381 g/mol. The number of non-ortho nitro benzene ring substituents is 1. The molecule has 0 aromatic heterocycles. The van der Waals surface area contributed by atoms with Crippen molar-refractivity contribution in [2.45, 2.75) is 63.7 Å². The van der Waals surface area contributed by atoms with E-state index in [1.54, 1.807) is 12.1 Å². The largest absolute Gasteiger partial charge is 0.299 e. The molecule has 0 spiro atoms. The zero-order chi connectivity index (χ0) is 19.7. The van der Waals surface area contributed by atoms with Crippen LogP contribution < -0.4 is 0 Å². The lowest BCUT2D eigenvalue weighted by Crippen LogP contribution is -2.45. The number of benzene rings is 1. The van der Waals surface area contributed by atoms with Gasteiger partial charge >= 0.3 is 0 Å². The maximum atomic E-state index is 13.6. The van der Waals surface area contributed by atoms with Crippen molar-refractivity contribution in [2.24, 2.45) is 17.8 Å². The Bertz CT molecular complexity index is 810. The van der Waals surface area contributed by atoms with Crippen LogP contribution in [0.4, 0.5) is 5.69 Å². The highest BCUT2D eigenvalue weighted by Gasteiger charge is 2.48. The number of hydrogen-bond donors (Lipinski definition) is 0. The summed E-state index contributed by atoms with van der Waals surface area (Å²) >= 11 is 0. The minimum Gasteiger partial charge on any atom is -0.299 e. The number of nitrogens with zero attached hydrogens (tertiary/aromatic N) is 1. The van der Waals surface area contributed by atoms with Crippen LogP contribution in [0.5, 0.6) is 0 Å². The van der Waals surface area contributed by atoms with Gasteiger partial charge in [0.2, 0.25) is 0 Å². The normalized spacial score (nSPS) is 30.3. The van der Waals surface area contributed by atoms with Gasteiger partial charge in [-0.1, -0.05) is 31.1 Å². The quantitative estimate of drug-likeness (QED) is 0.534. The summed E-state index contributed by atoms with van der Waals surface area (Å²) in [5.74, 6) is 0.297. The summed E-state index contributed by atoms with van der Waals surface area (Å²) in [6, 6.07) is 6.48. The van der Waals surface area contributed by atoms with Crippen molar-refractivity contribution in [3.8, 4) is 0 Å². The first kappa shape index (κ1) is 19.0. The maximum absolute atomic E-state index is 13.6. The molecule has 0 amide bonds. The van der Waals surface area contributed by atoms with Gasteiger partial charge in [-0.25, -0.2) is 0 Å². The molecule has 4 rings (SSSR count). The van der Waals surface area contributed by atoms with Gasteiger partial charge in [-0.05, 0) is 55.6 Å². The number of carbonyl (C=O) groups is 2. The van der Waals surface area contributed by atoms with Crippen molar-refractivity contribution in [1.29, 1.82) is 0 Å². The summed E-state index contributed by atoms with van der Waals surface area (Å²) in [5, 5.41) is 11.0. The van der Waals surface area contributed by atoms with Crippen LogP contribution in [-0.4, -0.2) is 16.5 Å². The molecule has 148 valence electrons. The second kappa shape index (κ2) is 7.98. The third-order valence-corrected chi connectivity index (χ3v) is 6.99. The van der Waals surface area contributed by atoms with Gasteiger partial charge in [0.25, 0.3) is 5.69 Å². The molecule has 0 radical (unpaired) electrons. The minimum atomic E-state index is -0.414. The Labute approximate surface area is 165 Å². The summed E-state index contributed by atoms with van der Waals surface area (Å²) in [5.41, 5.74) is 1.87. The fraction of sp³-hybridized carbons (Fsp3) is 0.565. The average molecular weight is 381 g/mol. The topological polar surface area (TPSA) is 77.3 Å². The number of ketones is 2. The lowest BCUT2D eigenvalue weighted by atomic mass is 9.57. The van der Waals surface area contributed by atoms with E-state index < -0.39 is 4.92 Å². The van der Waals surface area contributed by atoms with Crippen LogP contribution in [0.1, 0.15) is 69.3 Å². The third-order valence-electron chi connectivity index (χ3n) is 6.99. The molecule has 5 heteroatoms. The zero-order valence-electron chi connectivity index (χ0n) is 16.1. The fourth-order valence-electron chi connectivity index (χ4n) is 5.60.